The van der Waals surface area contributed by atoms with E-state index in [1.165, 1.54) is 35.2 Å². The second-order valence-corrected chi connectivity index (χ2v) is 14.7. The Balaban J connectivity index is 1.45. The van der Waals surface area contributed by atoms with Gasteiger partial charge in [-0.05, 0) is 53.8 Å². The third-order valence-electron chi connectivity index (χ3n) is 8.48. The number of carbonyl (C=O) groups is 2. The highest BCUT2D eigenvalue weighted by atomic mass is 32.2. The normalized spacial score (nSPS) is 17.3. The smallest absolute Gasteiger partial charge is 0.228 e. The molecule has 47 heavy (non-hydrogen) atoms. The number of nitrogens with one attached hydrogen (secondary N) is 1. The molecule has 1 aliphatic heterocycles. The number of nitrogens with zero attached hydrogens (tertiary/aromatic N) is 1. The van der Waals surface area contributed by atoms with Crippen molar-refractivity contribution < 1.29 is 32.2 Å². The third kappa shape index (κ3) is 6.64. The largest absolute Gasteiger partial charge is 0.506 e. The van der Waals surface area contributed by atoms with Gasteiger partial charge in [-0.1, -0.05) is 68.4 Å². The van der Waals surface area contributed by atoms with Crippen LogP contribution in [0.3, 0.4) is 0 Å². The van der Waals surface area contributed by atoms with Crippen molar-refractivity contribution in [3.63, 3.8) is 0 Å². The molecule has 1 amide bonds. The number of Topliss-reactive ketones (excluding diaryl/α,β-unsaturated/α-hetero) is 1. The number of sulfone groups is 1. The fraction of sp³-hybridized carbons (Fsp3) is 0.243. The van der Waals surface area contributed by atoms with Crippen molar-refractivity contribution in [2.45, 2.75) is 50.7 Å². The van der Waals surface area contributed by atoms with Crippen LogP contribution in [0.5, 0.6) is 11.5 Å². The number of amides is 1. The molecule has 4 aromatic carbocycles. The Hall–Kier alpha value is -4.96. The number of benzene rings is 4. The molecule has 0 spiro atoms. The molecule has 0 saturated carbocycles. The average Bonchev–Trinajstić information content (AvgIpc) is 3.18. The van der Waals surface area contributed by atoms with Gasteiger partial charge in [0.15, 0.2) is 15.6 Å². The van der Waals surface area contributed by atoms with Gasteiger partial charge >= 0.3 is 0 Å². The number of phenols is 1. The molecular formula is C37H35FN2O6S. The summed E-state index contributed by atoms with van der Waals surface area (Å²) < 4.78 is 48.5. The Morgan fingerprint density at radius 3 is 2.38 bits per heavy atom. The van der Waals surface area contributed by atoms with Crippen LogP contribution in [0.15, 0.2) is 113 Å². The molecule has 0 saturated heterocycles. The molecule has 10 heteroatoms. The van der Waals surface area contributed by atoms with E-state index in [9.17, 15) is 23.1 Å². The van der Waals surface area contributed by atoms with Gasteiger partial charge in [0.25, 0.3) is 0 Å². The van der Waals surface area contributed by atoms with Crippen molar-refractivity contribution in [2.75, 3.05) is 16.0 Å². The van der Waals surface area contributed by atoms with Crippen LogP contribution in [-0.4, -0.2) is 31.0 Å². The number of carbonyl (C=O) groups excluding carboxylic acids is 2. The molecule has 0 bridgehead atoms. The maximum absolute atomic E-state index is 16.3. The minimum atomic E-state index is -3.85. The number of aromatic hydroxyl groups is 1. The van der Waals surface area contributed by atoms with Gasteiger partial charge in [-0.25, -0.2) is 12.8 Å². The number of ether oxygens (including phenoxy) is 1. The highest BCUT2D eigenvalue weighted by Crippen LogP contribution is 2.51. The van der Waals surface area contributed by atoms with Gasteiger partial charge in [-0.15, -0.1) is 0 Å². The first-order chi connectivity index (χ1) is 22.4. The van der Waals surface area contributed by atoms with Crippen LogP contribution in [0.2, 0.25) is 0 Å². The number of halogens is 1. The number of ketones is 1. The van der Waals surface area contributed by atoms with E-state index in [4.69, 9.17) is 4.74 Å². The van der Waals surface area contributed by atoms with E-state index in [0.717, 1.165) is 5.56 Å². The van der Waals surface area contributed by atoms with Gasteiger partial charge in [0.05, 0.1) is 22.4 Å². The Labute approximate surface area is 273 Å². The van der Waals surface area contributed by atoms with Gasteiger partial charge in [0, 0.05) is 35.7 Å². The van der Waals surface area contributed by atoms with Gasteiger partial charge in [-0.3, -0.25) is 14.5 Å². The Morgan fingerprint density at radius 1 is 0.979 bits per heavy atom. The van der Waals surface area contributed by atoms with Crippen molar-refractivity contribution in [3.05, 3.63) is 125 Å². The minimum Gasteiger partial charge on any atom is -0.506 e. The summed E-state index contributed by atoms with van der Waals surface area (Å²) in [5, 5.41) is 14.2. The summed E-state index contributed by atoms with van der Waals surface area (Å²) in [4.78, 5) is 29.6. The summed E-state index contributed by atoms with van der Waals surface area (Å²) in [5.74, 6) is -2.06. The van der Waals surface area contributed by atoms with Crippen LogP contribution in [0, 0.1) is 11.2 Å². The standard InChI is InChI=1S/C37H35FN2O6S/c1-37(2)21-29-34(32(42)22-37)36(27-17-16-25(20-28(27)38)46-23-24-10-5-3-6-11-24)40(30-14-9-15-31(41)35(30)39-29)33(43)18-19-47(44,45)26-12-7-4-8-13-26/h3-17,20,36,39,41H,18-19,21-23H2,1-2H3. The van der Waals surface area contributed by atoms with Crippen molar-refractivity contribution in [2.24, 2.45) is 5.41 Å². The van der Waals surface area contributed by atoms with Crippen LogP contribution in [-0.2, 0) is 26.0 Å². The lowest BCUT2D eigenvalue weighted by Crippen LogP contribution is -2.40. The lowest BCUT2D eigenvalue weighted by atomic mass is 9.73. The first kappa shape index (κ1) is 32.0. The average molecular weight is 655 g/mol. The van der Waals surface area contributed by atoms with E-state index >= 15 is 4.39 Å². The van der Waals surface area contributed by atoms with E-state index in [1.54, 1.807) is 36.4 Å². The minimum absolute atomic E-state index is 0.0369. The van der Waals surface area contributed by atoms with E-state index in [-0.39, 0.29) is 57.7 Å². The Bertz CT molecular complexity index is 1980. The number of anilines is 2. The quantitative estimate of drug-likeness (QED) is 0.195. The number of phenolic OH excluding ortho intramolecular Hbond substituents is 1. The monoisotopic (exact) mass is 654 g/mol. The molecule has 1 aliphatic carbocycles. The summed E-state index contributed by atoms with van der Waals surface area (Å²) in [5.41, 5.74) is 1.52. The molecule has 2 aliphatic rings. The molecule has 0 aromatic heterocycles. The number of allylic oxidation sites excluding steroid dienone is 1. The summed E-state index contributed by atoms with van der Waals surface area (Å²) in [6, 6.07) is 24.9. The van der Waals surface area contributed by atoms with Crippen LogP contribution < -0.4 is 15.0 Å². The predicted octanol–water partition coefficient (Wildman–Crippen LogP) is 7.12. The summed E-state index contributed by atoms with van der Waals surface area (Å²) in [6.45, 7) is 4.10. The number of para-hydroxylation sites is 1. The van der Waals surface area contributed by atoms with Crippen LogP contribution in [0.4, 0.5) is 15.8 Å². The van der Waals surface area contributed by atoms with E-state index in [0.29, 0.717) is 12.1 Å². The zero-order valence-corrected chi connectivity index (χ0v) is 26.9. The molecule has 8 nitrogen and oxygen atoms in total. The van der Waals surface area contributed by atoms with E-state index in [2.05, 4.69) is 5.32 Å². The lowest BCUT2D eigenvalue weighted by Gasteiger charge is -2.37. The summed E-state index contributed by atoms with van der Waals surface area (Å²) >= 11 is 0. The first-order valence-electron chi connectivity index (χ1n) is 15.3. The Kier molecular flexibility index (Phi) is 8.63. The van der Waals surface area contributed by atoms with Gasteiger partial charge < -0.3 is 15.2 Å². The fourth-order valence-corrected chi connectivity index (χ4v) is 7.51. The molecule has 4 aromatic rings. The number of hydrogen-bond acceptors (Lipinski definition) is 7. The summed E-state index contributed by atoms with van der Waals surface area (Å²) in [6.07, 6.45) is 0.0876. The van der Waals surface area contributed by atoms with Crippen molar-refractivity contribution >= 4 is 32.9 Å². The SMILES string of the molecule is CC1(C)CC(=O)C2=C(C1)Nc1c(O)cccc1N(C(=O)CCS(=O)(=O)c1ccccc1)C2c1ccc(OCc2ccccc2)cc1F. The van der Waals surface area contributed by atoms with E-state index in [1.807, 2.05) is 44.2 Å². The molecule has 2 N–H and O–H groups in total. The second-order valence-electron chi connectivity index (χ2n) is 12.6. The van der Waals surface area contributed by atoms with Crippen molar-refractivity contribution in [1.82, 2.24) is 0 Å². The number of rotatable bonds is 8. The molecule has 6 rings (SSSR count). The molecule has 1 heterocycles. The maximum atomic E-state index is 16.3. The third-order valence-corrected chi connectivity index (χ3v) is 10.2. The Morgan fingerprint density at radius 2 is 1.68 bits per heavy atom. The lowest BCUT2D eigenvalue weighted by molar-refractivity contribution is -0.119. The fourth-order valence-electron chi connectivity index (χ4n) is 6.26. The maximum Gasteiger partial charge on any atom is 0.228 e. The predicted molar refractivity (Wildman–Crippen MR) is 177 cm³/mol. The first-order valence-corrected chi connectivity index (χ1v) is 17.0. The molecule has 1 atom stereocenters. The summed E-state index contributed by atoms with van der Waals surface area (Å²) in [7, 11) is -3.85. The second kappa shape index (κ2) is 12.7. The van der Waals surface area contributed by atoms with Crippen LogP contribution in [0.1, 0.15) is 50.3 Å². The van der Waals surface area contributed by atoms with Gasteiger partial charge in [0.1, 0.15) is 29.6 Å². The number of fused-ring (bicyclic) bond motifs is 1. The zero-order valence-electron chi connectivity index (χ0n) is 26.1. The molecule has 0 radical (unpaired) electrons. The molecular weight excluding hydrogens is 619 g/mol. The van der Waals surface area contributed by atoms with Crippen LogP contribution in [0.25, 0.3) is 0 Å². The van der Waals surface area contributed by atoms with Crippen molar-refractivity contribution in [1.29, 1.82) is 0 Å². The number of hydrogen-bond donors (Lipinski definition) is 2. The van der Waals surface area contributed by atoms with Gasteiger partial charge in [0.2, 0.25) is 5.91 Å². The van der Waals surface area contributed by atoms with Crippen molar-refractivity contribution in [3.8, 4) is 11.5 Å². The van der Waals surface area contributed by atoms with Gasteiger partial charge in [-0.2, -0.15) is 0 Å². The molecule has 242 valence electrons. The van der Waals surface area contributed by atoms with Crippen LogP contribution >= 0.6 is 0 Å². The molecule has 0 fully saturated rings. The topological polar surface area (TPSA) is 113 Å². The highest BCUT2D eigenvalue weighted by molar-refractivity contribution is 7.91. The van der Waals surface area contributed by atoms with E-state index < -0.39 is 45.2 Å². The zero-order chi connectivity index (χ0) is 33.3. The molecule has 1 unspecified atom stereocenters. The highest BCUT2D eigenvalue weighted by Gasteiger charge is 2.44.